The van der Waals surface area contributed by atoms with E-state index in [2.05, 4.69) is 15.4 Å². The lowest BCUT2D eigenvalue weighted by Gasteiger charge is -2.37. The Bertz CT molecular complexity index is 2030. The zero-order valence-electron chi connectivity index (χ0n) is 23.7. The van der Waals surface area contributed by atoms with Gasteiger partial charge in [-0.05, 0) is 49.7 Å². The van der Waals surface area contributed by atoms with Gasteiger partial charge in [-0.1, -0.05) is 18.2 Å². The van der Waals surface area contributed by atoms with Crippen molar-refractivity contribution in [3.05, 3.63) is 87.1 Å². The van der Waals surface area contributed by atoms with Gasteiger partial charge in [0.15, 0.2) is 5.65 Å². The first-order valence-corrected chi connectivity index (χ1v) is 15.1. The van der Waals surface area contributed by atoms with Crippen molar-refractivity contribution in [2.24, 2.45) is 0 Å². The lowest BCUT2D eigenvalue weighted by atomic mass is 9.96. The number of thioether (sulfide) groups is 1. The first-order valence-electron chi connectivity index (χ1n) is 14.1. The molecule has 9 nitrogen and oxygen atoms in total. The third kappa shape index (κ3) is 4.76. The van der Waals surface area contributed by atoms with Gasteiger partial charge in [0.2, 0.25) is 0 Å². The summed E-state index contributed by atoms with van der Waals surface area (Å²) in [6, 6.07) is 10.4. The summed E-state index contributed by atoms with van der Waals surface area (Å²) in [6.07, 6.45) is -3.19. The van der Waals surface area contributed by atoms with Crippen molar-refractivity contribution < 1.29 is 17.6 Å². The highest BCUT2D eigenvalue weighted by atomic mass is 32.2. The van der Waals surface area contributed by atoms with Crippen LogP contribution in [-0.4, -0.2) is 54.7 Å². The van der Waals surface area contributed by atoms with E-state index in [1.165, 1.54) is 25.8 Å². The Labute approximate surface area is 252 Å². The van der Waals surface area contributed by atoms with Gasteiger partial charge in [0.1, 0.15) is 11.6 Å². The lowest BCUT2D eigenvalue weighted by molar-refractivity contribution is -0.137. The second kappa shape index (κ2) is 10.5. The van der Waals surface area contributed by atoms with Gasteiger partial charge in [-0.3, -0.25) is 8.97 Å². The molecule has 0 saturated carbocycles. The predicted molar refractivity (Wildman–Crippen MR) is 160 cm³/mol. The summed E-state index contributed by atoms with van der Waals surface area (Å²) < 4.78 is 62.7. The Morgan fingerprint density at radius 3 is 2.41 bits per heavy atom. The van der Waals surface area contributed by atoms with E-state index in [0.717, 1.165) is 30.0 Å². The van der Waals surface area contributed by atoms with Crippen LogP contribution in [0, 0.1) is 5.82 Å². The van der Waals surface area contributed by atoms with Gasteiger partial charge in [0.25, 0.3) is 0 Å². The fourth-order valence-corrected chi connectivity index (χ4v) is 7.67. The molecular weight excluding hydrogens is 598 g/mol. The third-order valence-corrected chi connectivity index (χ3v) is 9.34. The highest BCUT2D eigenvalue weighted by molar-refractivity contribution is 7.99. The molecule has 14 heteroatoms. The van der Waals surface area contributed by atoms with E-state index < -0.39 is 35.0 Å². The van der Waals surface area contributed by atoms with Crippen LogP contribution in [0.2, 0.25) is 0 Å². The van der Waals surface area contributed by atoms with Crippen molar-refractivity contribution in [2.75, 3.05) is 23.7 Å². The summed E-state index contributed by atoms with van der Waals surface area (Å²) in [7, 11) is 0. The molecular formula is C30H27F4N7O2S. The van der Waals surface area contributed by atoms with Crippen molar-refractivity contribution in [2.45, 2.75) is 49.6 Å². The molecule has 5 heterocycles. The van der Waals surface area contributed by atoms with E-state index in [1.807, 2.05) is 18.7 Å². The van der Waals surface area contributed by atoms with Crippen molar-refractivity contribution in [3.8, 4) is 11.1 Å². The van der Waals surface area contributed by atoms with Gasteiger partial charge in [-0.2, -0.15) is 18.2 Å². The van der Waals surface area contributed by atoms with Gasteiger partial charge in [-0.15, -0.1) is 16.9 Å². The average molecular weight is 626 g/mol. The van der Waals surface area contributed by atoms with E-state index in [1.54, 1.807) is 24.4 Å². The second-order valence-electron chi connectivity index (χ2n) is 11.4. The van der Waals surface area contributed by atoms with Crippen LogP contribution in [0.25, 0.3) is 27.7 Å². The smallest absolute Gasteiger partial charge is 0.353 e. The number of pyridine rings is 1. The van der Waals surface area contributed by atoms with Crippen molar-refractivity contribution in [1.29, 1.82) is 0 Å². The molecule has 0 radical (unpaired) electrons. The second-order valence-corrected chi connectivity index (χ2v) is 12.4. The van der Waals surface area contributed by atoms with E-state index >= 15 is 0 Å². The van der Waals surface area contributed by atoms with Gasteiger partial charge < -0.3 is 10.2 Å². The molecule has 228 valence electrons. The molecule has 0 amide bonds. The number of nitrogens with zero attached hydrogens (tertiary/aromatic N) is 6. The van der Waals surface area contributed by atoms with Crippen LogP contribution in [0.15, 0.2) is 69.2 Å². The Kier molecular flexibility index (Phi) is 6.81. The number of nitrogens with one attached hydrogen (secondary N) is 1. The first-order chi connectivity index (χ1) is 21.0. The Morgan fingerprint density at radius 2 is 1.73 bits per heavy atom. The minimum Gasteiger partial charge on any atom is -0.353 e. The molecule has 2 aliphatic heterocycles. The number of hydrogen-bond donors (Lipinski definition) is 1. The fraction of sp³-hybridized carbons (Fsp3) is 0.333. The maximum absolute atomic E-state index is 14.9. The molecule has 1 N–H and O–H groups in total. The molecule has 5 aromatic rings. The number of hydrogen-bond acceptors (Lipinski definition) is 7. The predicted octanol–water partition coefficient (Wildman–Crippen LogP) is 4.56. The van der Waals surface area contributed by atoms with Gasteiger partial charge in [0, 0.05) is 53.0 Å². The maximum atomic E-state index is 14.9. The van der Waals surface area contributed by atoms with Gasteiger partial charge >= 0.3 is 17.6 Å². The minimum absolute atomic E-state index is 0.00874. The summed E-state index contributed by atoms with van der Waals surface area (Å²) in [4.78, 5) is 33.6. The summed E-state index contributed by atoms with van der Waals surface area (Å²) in [5.74, 6) is -0.256. The first kappa shape index (κ1) is 28.6. The normalized spacial score (nSPS) is 20.8. The Balaban J connectivity index is 1.52. The topological polar surface area (TPSA) is 89.5 Å². The van der Waals surface area contributed by atoms with Crippen molar-refractivity contribution >= 4 is 34.1 Å². The number of fused-ring (bicyclic) bond motifs is 1. The van der Waals surface area contributed by atoms with Crippen LogP contribution in [0.4, 0.5) is 23.4 Å². The number of alkyl halides is 3. The number of rotatable bonds is 3. The van der Waals surface area contributed by atoms with Crippen LogP contribution in [-0.2, 0) is 12.7 Å². The lowest BCUT2D eigenvalue weighted by Crippen LogP contribution is -2.55. The minimum atomic E-state index is -4.78. The Hall–Kier alpha value is -4.17. The summed E-state index contributed by atoms with van der Waals surface area (Å²) in [5, 5.41) is 8.06. The summed E-state index contributed by atoms with van der Waals surface area (Å²) in [6.45, 7) is 4.78. The Morgan fingerprint density at radius 1 is 1.00 bits per heavy atom. The standard InChI is InChI=1S/C30H27F4N7O2S/c1-16-12-38(13-17(2)35-16)27-21-11-22(30(32,33)34)24(18-6-8-19(31)9-7-18)26-25(21)40(28(42)36-27)14-20(15-44-26)41-29(43)39-10-4-3-5-23(39)37-41/h3-11,16-17,20,35H,12-15H2,1-2H3/t16-,17+,20-/m0/s1. The molecule has 1 fully saturated rings. The van der Waals surface area contributed by atoms with E-state index in [-0.39, 0.29) is 51.6 Å². The summed E-state index contributed by atoms with van der Waals surface area (Å²) in [5.41, 5.74) is -1.25. The number of halogens is 4. The molecule has 0 spiro atoms. The molecule has 1 saturated heterocycles. The maximum Gasteiger partial charge on any atom is 0.417 e. The molecule has 0 unspecified atom stereocenters. The molecule has 0 aliphatic carbocycles. The average Bonchev–Trinajstić information content (AvgIpc) is 3.17. The molecule has 7 rings (SSSR count). The van der Waals surface area contributed by atoms with E-state index in [9.17, 15) is 27.2 Å². The monoisotopic (exact) mass is 625 g/mol. The largest absolute Gasteiger partial charge is 0.417 e. The SMILES string of the molecule is C[C@@H]1CN(c2nc(=O)n3c4c(c(-c5ccc(F)cc5)c(C(F)(F)F)cc24)SC[C@@H](n2nc4ccccn4c2=O)C3)C[C@H](C)N1. The molecule has 3 aromatic heterocycles. The van der Waals surface area contributed by atoms with Gasteiger partial charge in [-0.25, -0.2) is 18.7 Å². The van der Waals surface area contributed by atoms with Crippen LogP contribution >= 0.6 is 11.8 Å². The van der Waals surface area contributed by atoms with Crippen LogP contribution in [0.1, 0.15) is 25.5 Å². The number of anilines is 1. The molecule has 2 aliphatic rings. The molecule has 44 heavy (non-hydrogen) atoms. The van der Waals surface area contributed by atoms with Crippen molar-refractivity contribution in [1.82, 2.24) is 29.0 Å². The quantitative estimate of drug-likeness (QED) is 0.294. The van der Waals surface area contributed by atoms with Gasteiger partial charge in [0.05, 0.1) is 23.7 Å². The number of aromatic nitrogens is 5. The highest BCUT2D eigenvalue weighted by Gasteiger charge is 2.39. The van der Waals surface area contributed by atoms with E-state index in [4.69, 9.17) is 0 Å². The highest BCUT2D eigenvalue weighted by Crippen LogP contribution is 2.48. The summed E-state index contributed by atoms with van der Waals surface area (Å²) >= 11 is 1.12. The molecule has 2 aromatic carbocycles. The van der Waals surface area contributed by atoms with Crippen molar-refractivity contribution in [3.63, 3.8) is 0 Å². The molecule has 3 atom stereocenters. The number of piperazine rings is 1. The number of benzene rings is 2. The fourth-order valence-electron chi connectivity index (χ4n) is 6.34. The van der Waals surface area contributed by atoms with Crippen LogP contribution in [0.3, 0.4) is 0 Å². The zero-order valence-corrected chi connectivity index (χ0v) is 24.5. The zero-order chi connectivity index (χ0) is 30.9. The van der Waals surface area contributed by atoms with Crippen LogP contribution < -0.4 is 21.6 Å². The van der Waals surface area contributed by atoms with E-state index in [0.29, 0.717) is 24.3 Å². The van der Waals surface area contributed by atoms with Crippen LogP contribution in [0.5, 0.6) is 0 Å². The molecule has 0 bridgehead atoms. The third-order valence-electron chi connectivity index (χ3n) is 8.10.